The number of rotatable bonds is 2. The first-order chi connectivity index (χ1) is 11.3. The van der Waals surface area contributed by atoms with Crippen molar-refractivity contribution in [2.75, 3.05) is 4.90 Å². The molecule has 114 valence electrons. The van der Waals surface area contributed by atoms with Crippen molar-refractivity contribution in [1.82, 2.24) is 0 Å². The highest BCUT2D eigenvalue weighted by atomic mass is 16.3. The molecule has 4 rings (SSSR count). The molecule has 1 aliphatic carbocycles. The van der Waals surface area contributed by atoms with Gasteiger partial charge in [0.1, 0.15) is 0 Å². The van der Waals surface area contributed by atoms with E-state index in [-0.39, 0.29) is 0 Å². The Morgan fingerprint density at radius 1 is 1.17 bits per heavy atom. The summed E-state index contributed by atoms with van der Waals surface area (Å²) < 4.78 is 0. The number of benzene rings is 2. The van der Waals surface area contributed by atoms with Gasteiger partial charge < -0.3 is 10.0 Å². The zero-order valence-electron chi connectivity index (χ0n) is 13.2. The van der Waals surface area contributed by atoms with Gasteiger partial charge in [0.15, 0.2) is 6.23 Å². The van der Waals surface area contributed by atoms with Gasteiger partial charge in [-0.05, 0) is 54.2 Å². The van der Waals surface area contributed by atoms with Gasteiger partial charge >= 0.3 is 0 Å². The Kier molecular flexibility index (Phi) is 3.25. The second-order valence-electron chi connectivity index (χ2n) is 6.06. The van der Waals surface area contributed by atoms with Crippen LogP contribution in [0.25, 0.3) is 5.57 Å². The van der Waals surface area contributed by atoms with Crippen LogP contribution in [-0.4, -0.2) is 5.11 Å². The smallest absolute Gasteiger partial charge is 0.159 e. The molecule has 2 aromatic rings. The largest absolute Gasteiger partial charge is 0.369 e. The van der Waals surface area contributed by atoms with E-state index >= 15 is 0 Å². The summed E-state index contributed by atoms with van der Waals surface area (Å²) >= 11 is 0. The molecule has 0 fully saturated rings. The Labute approximate surface area is 137 Å². The van der Waals surface area contributed by atoms with Gasteiger partial charge in [-0.1, -0.05) is 37.1 Å². The second-order valence-corrected chi connectivity index (χ2v) is 6.06. The fourth-order valence-electron chi connectivity index (χ4n) is 3.99. The van der Waals surface area contributed by atoms with Crippen LogP contribution in [0.15, 0.2) is 48.2 Å². The molecule has 1 atom stereocenters. The lowest BCUT2D eigenvalue weighted by atomic mass is 9.88. The molecule has 1 unspecified atom stereocenters. The summed E-state index contributed by atoms with van der Waals surface area (Å²) in [6.45, 7) is 2.15. The van der Waals surface area contributed by atoms with E-state index in [1.165, 1.54) is 22.4 Å². The van der Waals surface area contributed by atoms with E-state index in [1.807, 2.05) is 41.3 Å². The van der Waals surface area contributed by atoms with Gasteiger partial charge in [0, 0.05) is 22.5 Å². The minimum atomic E-state index is -0.727. The van der Waals surface area contributed by atoms with E-state index < -0.39 is 6.23 Å². The zero-order chi connectivity index (χ0) is 16.0. The fourth-order valence-corrected chi connectivity index (χ4v) is 3.99. The van der Waals surface area contributed by atoms with E-state index in [9.17, 15) is 5.11 Å². The van der Waals surface area contributed by atoms with E-state index in [4.69, 9.17) is 6.42 Å². The molecule has 1 aliphatic heterocycles. The molecule has 2 aliphatic rings. The molecule has 0 aromatic heterocycles. The molecule has 0 bridgehead atoms. The van der Waals surface area contributed by atoms with Gasteiger partial charge in [0.25, 0.3) is 0 Å². The molecule has 0 saturated carbocycles. The van der Waals surface area contributed by atoms with Crippen molar-refractivity contribution in [2.24, 2.45) is 0 Å². The van der Waals surface area contributed by atoms with Gasteiger partial charge in [0.2, 0.25) is 0 Å². The molecular formula is C21H19NO. The predicted molar refractivity (Wildman–Crippen MR) is 93.8 cm³/mol. The number of aliphatic hydroxyl groups is 1. The number of anilines is 1. The third kappa shape index (κ3) is 1.94. The minimum Gasteiger partial charge on any atom is -0.369 e. The average molecular weight is 301 g/mol. The van der Waals surface area contributed by atoms with Crippen molar-refractivity contribution in [1.29, 1.82) is 0 Å². The van der Waals surface area contributed by atoms with Crippen molar-refractivity contribution in [3.05, 3.63) is 70.4 Å². The van der Waals surface area contributed by atoms with Crippen LogP contribution in [0.1, 0.15) is 48.2 Å². The quantitative estimate of drug-likeness (QED) is 0.838. The Hall–Kier alpha value is -2.50. The number of allylic oxidation sites excluding steroid dienone is 2. The van der Waals surface area contributed by atoms with Crippen LogP contribution in [0.2, 0.25) is 0 Å². The molecule has 2 aromatic carbocycles. The first kappa shape index (κ1) is 14.1. The van der Waals surface area contributed by atoms with Gasteiger partial charge in [-0.15, -0.1) is 6.42 Å². The van der Waals surface area contributed by atoms with Crippen molar-refractivity contribution in [2.45, 2.75) is 32.4 Å². The summed E-state index contributed by atoms with van der Waals surface area (Å²) in [4.78, 5) is 2.05. The number of aliphatic hydroxyl groups excluding tert-OH is 1. The standard InChI is InChI=1S/C21H19NO/c1-3-14-10-11-15-12-13-17-18(4-2)22(16-8-6-5-7-9-16)21(23)20(14)19(15)17/h1,5-11,21,23H,4,12-13H2,2H3. The van der Waals surface area contributed by atoms with E-state index in [2.05, 4.69) is 18.9 Å². The maximum absolute atomic E-state index is 11.2. The lowest BCUT2D eigenvalue weighted by molar-refractivity contribution is 0.177. The summed E-state index contributed by atoms with van der Waals surface area (Å²) in [6.07, 6.45) is 7.92. The van der Waals surface area contributed by atoms with Crippen molar-refractivity contribution >= 4 is 11.3 Å². The molecule has 0 radical (unpaired) electrons. The molecule has 1 heterocycles. The van der Waals surface area contributed by atoms with Crippen molar-refractivity contribution in [3.8, 4) is 12.3 Å². The van der Waals surface area contributed by atoms with Crippen LogP contribution < -0.4 is 4.90 Å². The first-order valence-electron chi connectivity index (χ1n) is 8.13. The number of aryl methyl sites for hydroxylation is 1. The van der Waals surface area contributed by atoms with Crippen LogP contribution in [0.5, 0.6) is 0 Å². The molecule has 23 heavy (non-hydrogen) atoms. The highest BCUT2D eigenvalue weighted by molar-refractivity contribution is 5.84. The third-order valence-corrected chi connectivity index (χ3v) is 4.94. The number of hydrogen-bond donors (Lipinski definition) is 1. The summed E-state index contributed by atoms with van der Waals surface area (Å²) in [6, 6.07) is 14.2. The molecule has 0 spiro atoms. The van der Waals surface area contributed by atoms with Crippen LogP contribution in [0, 0.1) is 12.3 Å². The van der Waals surface area contributed by atoms with Gasteiger partial charge in [-0.2, -0.15) is 0 Å². The molecule has 0 saturated heterocycles. The van der Waals surface area contributed by atoms with Crippen LogP contribution in [-0.2, 0) is 6.42 Å². The van der Waals surface area contributed by atoms with Crippen LogP contribution in [0.4, 0.5) is 5.69 Å². The SMILES string of the molecule is C#Cc1ccc2c3c1C(O)N(c1ccccc1)C(CC)=C3CC2. The first-order valence-corrected chi connectivity index (χ1v) is 8.13. The van der Waals surface area contributed by atoms with Crippen LogP contribution >= 0.6 is 0 Å². The summed E-state index contributed by atoms with van der Waals surface area (Å²) in [5, 5.41) is 11.2. The number of para-hydroxylation sites is 1. The second kappa shape index (κ2) is 5.30. The Balaban J connectivity index is 2.02. The average Bonchev–Trinajstić information content (AvgIpc) is 3.02. The van der Waals surface area contributed by atoms with Crippen LogP contribution in [0.3, 0.4) is 0 Å². The number of hydrogen-bond acceptors (Lipinski definition) is 2. The third-order valence-electron chi connectivity index (χ3n) is 4.94. The maximum Gasteiger partial charge on any atom is 0.159 e. The molecule has 0 amide bonds. The Bertz CT molecular complexity index is 842. The molecular weight excluding hydrogens is 282 g/mol. The summed E-state index contributed by atoms with van der Waals surface area (Å²) in [5.41, 5.74) is 7.79. The lowest BCUT2D eigenvalue weighted by Gasteiger charge is -2.39. The Morgan fingerprint density at radius 2 is 1.96 bits per heavy atom. The van der Waals surface area contributed by atoms with E-state index in [1.54, 1.807) is 0 Å². The molecule has 2 heteroatoms. The van der Waals surface area contributed by atoms with E-state index in [0.717, 1.165) is 36.1 Å². The van der Waals surface area contributed by atoms with Gasteiger partial charge in [0.05, 0.1) is 0 Å². The number of nitrogens with zero attached hydrogens (tertiary/aromatic N) is 1. The topological polar surface area (TPSA) is 23.5 Å². The molecule has 2 nitrogen and oxygen atoms in total. The van der Waals surface area contributed by atoms with Gasteiger partial charge in [-0.3, -0.25) is 0 Å². The highest BCUT2D eigenvalue weighted by Gasteiger charge is 2.37. The monoisotopic (exact) mass is 301 g/mol. The summed E-state index contributed by atoms with van der Waals surface area (Å²) in [5.74, 6) is 2.76. The molecule has 1 N–H and O–H groups in total. The number of terminal acetylenes is 1. The maximum atomic E-state index is 11.2. The van der Waals surface area contributed by atoms with Crippen molar-refractivity contribution in [3.63, 3.8) is 0 Å². The zero-order valence-corrected chi connectivity index (χ0v) is 13.2. The lowest BCUT2D eigenvalue weighted by Crippen LogP contribution is -2.33. The van der Waals surface area contributed by atoms with Gasteiger partial charge in [-0.25, -0.2) is 0 Å². The van der Waals surface area contributed by atoms with Crippen molar-refractivity contribution < 1.29 is 5.11 Å². The summed E-state index contributed by atoms with van der Waals surface area (Å²) in [7, 11) is 0. The predicted octanol–water partition coefficient (Wildman–Crippen LogP) is 4.25. The van der Waals surface area contributed by atoms with E-state index in [0.29, 0.717) is 0 Å². The fraction of sp³-hybridized carbons (Fsp3) is 0.238. The normalized spacial score (nSPS) is 18.8. The highest BCUT2D eigenvalue weighted by Crippen LogP contribution is 2.48. The Morgan fingerprint density at radius 3 is 2.65 bits per heavy atom. The minimum absolute atomic E-state index is 0.727.